The van der Waals surface area contributed by atoms with Gasteiger partial charge in [-0.2, -0.15) is 0 Å². The zero-order valence-electron chi connectivity index (χ0n) is 8.35. The van der Waals surface area contributed by atoms with Crippen LogP contribution in [0.1, 0.15) is 10.4 Å². The lowest BCUT2D eigenvalue weighted by Gasteiger charge is -2.03. The lowest BCUT2D eigenvalue weighted by atomic mass is 10.1. The molecule has 0 atom stereocenters. The van der Waals surface area contributed by atoms with E-state index in [1.807, 2.05) is 0 Å². The molecule has 0 aliphatic heterocycles. The number of hydrogen-bond donors (Lipinski definition) is 2. The van der Waals surface area contributed by atoms with Crippen molar-refractivity contribution >= 4 is 16.7 Å². The molecule has 0 spiro atoms. The molecule has 0 aliphatic rings. The predicted octanol–water partition coefficient (Wildman–Crippen LogP) is -0.0750. The van der Waals surface area contributed by atoms with E-state index in [0.717, 1.165) is 4.68 Å². The molecular formula is C10H8N2O4. The van der Waals surface area contributed by atoms with Crippen LogP contribution in [0.4, 0.5) is 0 Å². The van der Waals surface area contributed by atoms with Crippen molar-refractivity contribution in [1.82, 2.24) is 9.78 Å². The van der Waals surface area contributed by atoms with E-state index in [2.05, 4.69) is 5.10 Å². The molecule has 0 aliphatic carbocycles. The number of carbonyl (C=O) groups is 1. The van der Waals surface area contributed by atoms with Crippen LogP contribution in [0.15, 0.2) is 27.8 Å². The SMILES string of the molecule is Cn1[nH]c(=O)c2cccc(C(=O)O)c2c1=O. The molecule has 0 saturated heterocycles. The highest BCUT2D eigenvalue weighted by molar-refractivity contribution is 6.02. The number of rotatable bonds is 1. The van der Waals surface area contributed by atoms with Crippen LogP contribution >= 0.6 is 0 Å². The van der Waals surface area contributed by atoms with Crippen molar-refractivity contribution in [2.45, 2.75) is 0 Å². The quantitative estimate of drug-likeness (QED) is 0.703. The third-order valence-electron chi connectivity index (χ3n) is 2.33. The molecule has 2 rings (SSSR count). The molecule has 6 heteroatoms. The molecule has 1 heterocycles. The molecule has 0 radical (unpaired) electrons. The van der Waals surface area contributed by atoms with Crippen molar-refractivity contribution in [2.75, 3.05) is 0 Å². The Labute approximate surface area is 88.7 Å². The standard InChI is InChI=1S/C10H8N2O4/c1-12-9(14)7-5(8(13)11-12)3-2-4-6(7)10(15)16/h2-4H,1H3,(H,11,13)(H,15,16). The summed E-state index contributed by atoms with van der Waals surface area (Å²) in [6.45, 7) is 0. The van der Waals surface area contributed by atoms with Crippen LogP contribution in [0.25, 0.3) is 10.8 Å². The van der Waals surface area contributed by atoms with Crippen molar-refractivity contribution in [3.05, 3.63) is 44.5 Å². The monoisotopic (exact) mass is 220 g/mol. The molecule has 0 unspecified atom stereocenters. The van der Waals surface area contributed by atoms with Gasteiger partial charge in [-0.05, 0) is 12.1 Å². The molecule has 0 fully saturated rings. The van der Waals surface area contributed by atoms with Gasteiger partial charge in [0.1, 0.15) is 0 Å². The zero-order chi connectivity index (χ0) is 11.9. The van der Waals surface area contributed by atoms with Crippen molar-refractivity contribution in [3.63, 3.8) is 0 Å². The Morgan fingerprint density at radius 3 is 2.69 bits per heavy atom. The Hall–Kier alpha value is -2.37. The first-order valence-corrected chi connectivity index (χ1v) is 4.47. The van der Waals surface area contributed by atoms with Crippen LogP contribution in [-0.4, -0.2) is 20.9 Å². The molecule has 2 aromatic rings. The highest BCUT2D eigenvalue weighted by Gasteiger charge is 2.14. The lowest BCUT2D eigenvalue weighted by molar-refractivity contribution is 0.0699. The molecule has 6 nitrogen and oxygen atoms in total. The highest BCUT2D eigenvalue weighted by atomic mass is 16.4. The zero-order valence-corrected chi connectivity index (χ0v) is 8.35. The van der Waals surface area contributed by atoms with Gasteiger partial charge in [0, 0.05) is 7.05 Å². The number of hydrogen-bond acceptors (Lipinski definition) is 3. The number of carboxylic acids is 1. The van der Waals surface area contributed by atoms with Gasteiger partial charge in [-0.3, -0.25) is 19.4 Å². The minimum absolute atomic E-state index is 0.0683. The first-order valence-electron chi connectivity index (χ1n) is 4.47. The molecule has 0 saturated carbocycles. The average molecular weight is 220 g/mol. The first-order chi connectivity index (χ1) is 7.52. The summed E-state index contributed by atoms with van der Waals surface area (Å²) in [6.07, 6.45) is 0. The topological polar surface area (TPSA) is 92.2 Å². The second-order valence-electron chi connectivity index (χ2n) is 3.34. The molecule has 1 aromatic carbocycles. The molecular weight excluding hydrogens is 212 g/mol. The summed E-state index contributed by atoms with van der Waals surface area (Å²) < 4.78 is 0.969. The Bertz CT molecular complexity index is 696. The van der Waals surface area contributed by atoms with Gasteiger partial charge in [0.25, 0.3) is 11.1 Å². The van der Waals surface area contributed by atoms with Gasteiger partial charge in [0.05, 0.1) is 16.3 Å². The fourth-order valence-corrected chi connectivity index (χ4v) is 1.58. The fraction of sp³-hybridized carbons (Fsp3) is 0.100. The second kappa shape index (κ2) is 3.34. The number of nitrogens with zero attached hydrogens (tertiary/aromatic N) is 1. The summed E-state index contributed by atoms with van der Waals surface area (Å²) in [4.78, 5) is 34.2. The van der Waals surface area contributed by atoms with Crippen LogP contribution < -0.4 is 11.1 Å². The number of carboxylic acid groups (broad SMARTS) is 1. The number of aromatic nitrogens is 2. The molecule has 0 amide bonds. The smallest absolute Gasteiger partial charge is 0.336 e. The number of nitrogens with one attached hydrogen (secondary N) is 1. The number of fused-ring (bicyclic) bond motifs is 1. The van der Waals surface area contributed by atoms with Gasteiger partial charge < -0.3 is 5.11 Å². The van der Waals surface area contributed by atoms with E-state index in [1.165, 1.54) is 25.2 Å². The van der Waals surface area contributed by atoms with Crippen molar-refractivity contribution in [1.29, 1.82) is 0 Å². The summed E-state index contributed by atoms with van der Waals surface area (Å²) in [5, 5.41) is 11.2. The van der Waals surface area contributed by atoms with Crippen LogP contribution in [-0.2, 0) is 7.05 Å². The normalized spacial score (nSPS) is 10.6. The summed E-state index contributed by atoms with van der Waals surface area (Å²) >= 11 is 0. The number of benzene rings is 1. The maximum atomic E-state index is 11.7. The van der Waals surface area contributed by atoms with E-state index in [4.69, 9.17) is 5.11 Å². The third kappa shape index (κ3) is 1.31. The number of aromatic carboxylic acids is 1. The maximum Gasteiger partial charge on any atom is 0.336 e. The Morgan fingerprint density at radius 1 is 1.38 bits per heavy atom. The summed E-state index contributed by atoms with van der Waals surface area (Å²) in [7, 11) is 1.36. The van der Waals surface area contributed by atoms with E-state index >= 15 is 0 Å². The number of H-pyrrole nitrogens is 1. The maximum absolute atomic E-state index is 11.7. The van der Waals surface area contributed by atoms with Crippen LogP contribution in [0.2, 0.25) is 0 Å². The number of aryl methyl sites for hydroxylation is 1. The average Bonchev–Trinajstić information content (AvgIpc) is 2.25. The minimum Gasteiger partial charge on any atom is -0.478 e. The first kappa shape index (κ1) is 10.2. The van der Waals surface area contributed by atoms with Crippen LogP contribution in [0.5, 0.6) is 0 Å². The van der Waals surface area contributed by atoms with Gasteiger partial charge in [-0.25, -0.2) is 4.79 Å². The highest BCUT2D eigenvalue weighted by Crippen LogP contribution is 2.10. The van der Waals surface area contributed by atoms with Gasteiger partial charge >= 0.3 is 5.97 Å². The Morgan fingerprint density at radius 2 is 2.06 bits per heavy atom. The van der Waals surface area contributed by atoms with E-state index in [-0.39, 0.29) is 16.3 Å². The van der Waals surface area contributed by atoms with Crippen LogP contribution in [0.3, 0.4) is 0 Å². The van der Waals surface area contributed by atoms with Crippen molar-refractivity contribution in [2.24, 2.45) is 7.05 Å². The van der Waals surface area contributed by atoms with Crippen molar-refractivity contribution in [3.8, 4) is 0 Å². The lowest BCUT2D eigenvalue weighted by Crippen LogP contribution is -2.28. The largest absolute Gasteiger partial charge is 0.478 e. The van der Waals surface area contributed by atoms with E-state index < -0.39 is 17.1 Å². The minimum atomic E-state index is -1.23. The van der Waals surface area contributed by atoms with Gasteiger partial charge in [0.2, 0.25) is 0 Å². The van der Waals surface area contributed by atoms with Gasteiger partial charge in [-0.1, -0.05) is 6.07 Å². The number of aromatic amines is 1. The summed E-state index contributed by atoms with van der Waals surface area (Å²) in [5.74, 6) is -1.23. The Balaban J connectivity index is 3.14. The van der Waals surface area contributed by atoms with Gasteiger partial charge in [-0.15, -0.1) is 0 Å². The van der Waals surface area contributed by atoms with Crippen molar-refractivity contribution < 1.29 is 9.90 Å². The molecule has 0 bridgehead atoms. The summed E-state index contributed by atoms with van der Waals surface area (Å²) in [5.41, 5.74) is -1.18. The molecule has 82 valence electrons. The van der Waals surface area contributed by atoms with Gasteiger partial charge in [0.15, 0.2) is 0 Å². The third-order valence-corrected chi connectivity index (χ3v) is 2.33. The molecule has 16 heavy (non-hydrogen) atoms. The van der Waals surface area contributed by atoms with E-state index in [9.17, 15) is 14.4 Å². The Kier molecular flexibility index (Phi) is 2.12. The van der Waals surface area contributed by atoms with E-state index in [1.54, 1.807) is 0 Å². The van der Waals surface area contributed by atoms with E-state index in [0.29, 0.717) is 0 Å². The molecule has 2 N–H and O–H groups in total. The fourth-order valence-electron chi connectivity index (χ4n) is 1.58. The van der Waals surface area contributed by atoms with Crippen LogP contribution in [0, 0.1) is 0 Å². The summed E-state index contributed by atoms with van der Waals surface area (Å²) in [6, 6.07) is 4.15. The second-order valence-corrected chi connectivity index (χ2v) is 3.34. The molecule has 1 aromatic heterocycles. The predicted molar refractivity (Wildman–Crippen MR) is 56.8 cm³/mol.